The molecule has 0 aliphatic carbocycles. The van der Waals surface area contributed by atoms with Gasteiger partial charge < -0.3 is 34.1 Å². The van der Waals surface area contributed by atoms with Crippen LogP contribution in [0.2, 0.25) is 0 Å². The van der Waals surface area contributed by atoms with E-state index in [4.69, 9.17) is 14.2 Å². The van der Waals surface area contributed by atoms with Crippen LogP contribution < -0.4 is 19.5 Å². The van der Waals surface area contributed by atoms with Gasteiger partial charge >= 0.3 is 5.97 Å². The Morgan fingerprint density at radius 2 is 1.83 bits per heavy atom. The molecule has 1 aliphatic heterocycles. The number of nitrogens with zero attached hydrogens (tertiary/aromatic N) is 1. The van der Waals surface area contributed by atoms with Gasteiger partial charge in [0, 0.05) is 16.8 Å². The predicted molar refractivity (Wildman–Crippen MR) is 125 cm³/mol. The second kappa shape index (κ2) is 10.2. The Bertz CT molecular complexity index is 1200. The van der Waals surface area contributed by atoms with E-state index in [1.807, 2.05) is 14.1 Å². The van der Waals surface area contributed by atoms with E-state index in [0.29, 0.717) is 34.9 Å². The van der Waals surface area contributed by atoms with Crippen molar-refractivity contribution in [1.82, 2.24) is 9.88 Å². The molecule has 1 saturated heterocycles. The van der Waals surface area contributed by atoms with Gasteiger partial charge in [-0.2, -0.15) is 0 Å². The Morgan fingerprint density at radius 3 is 2.40 bits per heavy atom. The SMILES string of the molecule is COC(=O)c1[nH]c(C)c(C([O-])=C2C(=O)C(=O)N(CC[NH+](C)C)C2c2cccc(OC)c2OC)c1C. The maximum atomic E-state index is 13.9. The number of aryl methyl sites for hydroxylation is 1. The molecule has 1 amide bonds. The van der Waals surface area contributed by atoms with Crippen molar-refractivity contribution in [1.29, 1.82) is 0 Å². The van der Waals surface area contributed by atoms with E-state index in [1.165, 1.54) is 26.2 Å². The van der Waals surface area contributed by atoms with Crippen LogP contribution in [0.4, 0.5) is 0 Å². The van der Waals surface area contributed by atoms with E-state index in [1.54, 1.807) is 32.0 Å². The quantitative estimate of drug-likeness (QED) is 0.230. The first kappa shape index (κ1) is 25.8. The molecule has 0 radical (unpaired) electrons. The molecule has 1 aromatic heterocycles. The third-order valence-electron chi connectivity index (χ3n) is 6.16. The standard InChI is InChI=1S/C25H31N3O7/c1-13-17(14(2)26-19(13)25(32)35-7)21(29)18-20(15-9-8-10-16(33-5)23(15)34-6)28(12-11-27(3)4)24(31)22(18)30/h8-10,20,26,29H,11-12H2,1-7H3. The number of rotatable bonds is 8. The molecule has 2 aromatic rings. The fourth-order valence-electron chi connectivity index (χ4n) is 4.43. The van der Waals surface area contributed by atoms with Crippen molar-refractivity contribution < 1.29 is 38.6 Å². The molecule has 1 aliphatic rings. The summed E-state index contributed by atoms with van der Waals surface area (Å²) in [5, 5.41) is 13.9. The summed E-state index contributed by atoms with van der Waals surface area (Å²) in [6, 6.07) is 4.13. The Balaban J connectivity index is 2.31. The van der Waals surface area contributed by atoms with Crippen LogP contribution >= 0.6 is 0 Å². The molecule has 10 heteroatoms. The molecular formula is C25H31N3O7. The number of aromatic amines is 1. The minimum Gasteiger partial charge on any atom is -0.872 e. The largest absolute Gasteiger partial charge is 0.872 e. The number of hydrogen-bond donors (Lipinski definition) is 2. The van der Waals surface area contributed by atoms with E-state index in [0.717, 1.165) is 4.90 Å². The van der Waals surface area contributed by atoms with Gasteiger partial charge in [-0.1, -0.05) is 17.9 Å². The molecular weight excluding hydrogens is 454 g/mol. The third kappa shape index (κ3) is 4.49. The second-order valence-electron chi connectivity index (χ2n) is 8.63. The van der Waals surface area contributed by atoms with Crippen molar-refractivity contribution >= 4 is 23.4 Å². The van der Waals surface area contributed by atoms with E-state index >= 15 is 0 Å². The fourth-order valence-corrected chi connectivity index (χ4v) is 4.43. The molecule has 188 valence electrons. The molecule has 2 N–H and O–H groups in total. The summed E-state index contributed by atoms with van der Waals surface area (Å²) in [5.74, 6) is -2.16. The number of quaternary nitrogens is 1. The summed E-state index contributed by atoms with van der Waals surface area (Å²) in [6.07, 6.45) is 0. The van der Waals surface area contributed by atoms with Crippen LogP contribution in [0.3, 0.4) is 0 Å². The van der Waals surface area contributed by atoms with Gasteiger partial charge in [-0.3, -0.25) is 9.59 Å². The van der Waals surface area contributed by atoms with E-state index in [9.17, 15) is 19.5 Å². The Hall–Kier alpha value is -3.79. The number of para-hydroxylation sites is 1. The minimum absolute atomic E-state index is 0.120. The number of aromatic nitrogens is 1. The molecule has 3 rings (SSSR count). The number of likely N-dealkylation sites (tertiary alicyclic amines) is 1. The van der Waals surface area contributed by atoms with Crippen LogP contribution in [0, 0.1) is 13.8 Å². The highest BCUT2D eigenvalue weighted by atomic mass is 16.5. The minimum atomic E-state index is -0.984. The predicted octanol–water partition coefficient (Wildman–Crippen LogP) is -0.196. The van der Waals surface area contributed by atoms with Crippen molar-refractivity contribution in [2.24, 2.45) is 0 Å². The van der Waals surface area contributed by atoms with Crippen LogP contribution in [0.25, 0.3) is 5.76 Å². The topological polar surface area (TPSA) is 125 Å². The lowest BCUT2D eigenvalue weighted by Crippen LogP contribution is -3.06. The molecule has 1 fully saturated rings. The maximum Gasteiger partial charge on any atom is 0.354 e. The number of Topliss-reactive ketones (excluding diaryl/α,β-unsaturated/α-hetero) is 1. The third-order valence-corrected chi connectivity index (χ3v) is 6.16. The van der Waals surface area contributed by atoms with Crippen LogP contribution in [0.5, 0.6) is 11.5 Å². The van der Waals surface area contributed by atoms with Gasteiger partial charge in [-0.25, -0.2) is 4.79 Å². The highest BCUT2D eigenvalue weighted by Crippen LogP contribution is 2.45. The number of amides is 1. The lowest BCUT2D eigenvalue weighted by molar-refractivity contribution is -0.857. The number of ether oxygens (including phenoxy) is 3. The number of benzene rings is 1. The first-order valence-corrected chi connectivity index (χ1v) is 11.1. The smallest absolute Gasteiger partial charge is 0.354 e. The highest BCUT2D eigenvalue weighted by Gasteiger charge is 2.46. The number of esters is 1. The maximum absolute atomic E-state index is 13.9. The second-order valence-corrected chi connectivity index (χ2v) is 8.63. The zero-order valence-electron chi connectivity index (χ0n) is 21.0. The van der Waals surface area contributed by atoms with Crippen LogP contribution in [0.15, 0.2) is 23.8 Å². The van der Waals surface area contributed by atoms with Crippen molar-refractivity contribution in [3.05, 3.63) is 51.9 Å². The van der Waals surface area contributed by atoms with Gasteiger partial charge in [0.05, 0.1) is 54.6 Å². The summed E-state index contributed by atoms with van der Waals surface area (Å²) < 4.78 is 15.8. The number of carbonyl (C=O) groups is 3. The van der Waals surface area contributed by atoms with Gasteiger partial charge in [0.2, 0.25) is 5.78 Å². The number of nitrogens with one attached hydrogen (secondary N) is 2. The average molecular weight is 486 g/mol. The summed E-state index contributed by atoms with van der Waals surface area (Å²) in [7, 11) is 8.04. The number of carbonyl (C=O) groups excluding carboxylic acids is 3. The van der Waals surface area contributed by atoms with E-state index in [2.05, 4.69) is 4.98 Å². The molecule has 0 saturated carbocycles. The summed E-state index contributed by atoms with van der Waals surface area (Å²) in [4.78, 5) is 44.0. The monoisotopic (exact) mass is 485 g/mol. The summed E-state index contributed by atoms with van der Waals surface area (Å²) in [6.45, 7) is 4.02. The molecule has 10 nitrogen and oxygen atoms in total. The van der Waals surface area contributed by atoms with Gasteiger partial charge in [-0.05, 0) is 31.0 Å². The molecule has 1 aromatic carbocycles. The van der Waals surface area contributed by atoms with Crippen LogP contribution in [0.1, 0.15) is 38.9 Å². The molecule has 1 unspecified atom stereocenters. The van der Waals surface area contributed by atoms with Crippen molar-refractivity contribution in [2.45, 2.75) is 19.9 Å². The number of ketones is 1. The first-order valence-electron chi connectivity index (χ1n) is 11.1. The van der Waals surface area contributed by atoms with Crippen molar-refractivity contribution in [2.75, 3.05) is 48.5 Å². The summed E-state index contributed by atoms with van der Waals surface area (Å²) in [5.41, 5.74) is 1.29. The molecule has 2 heterocycles. The molecule has 35 heavy (non-hydrogen) atoms. The van der Waals surface area contributed by atoms with Crippen molar-refractivity contribution in [3.8, 4) is 11.5 Å². The zero-order chi connectivity index (χ0) is 26.0. The number of likely N-dealkylation sites (N-methyl/N-ethyl adjacent to an activating group) is 1. The lowest BCUT2D eigenvalue weighted by Gasteiger charge is -2.29. The Morgan fingerprint density at radius 1 is 1.14 bits per heavy atom. The van der Waals surface area contributed by atoms with Gasteiger partial charge in [0.25, 0.3) is 5.91 Å². The zero-order valence-corrected chi connectivity index (χ0v) is 21.0. The molecule has 1 atom stereocenters. The van der Waals surface area contributed by atoms with Crippen LogP contribution in [-0.4, -0.2) is 76.1 Å². The van der Waals surface area contributed by atoms with E-state index < -0.39 is 29.5 Å². The first-order chi connectivity index (χ1) is 16.6. The Kier molecular flexibility index (Phi) is 7.54. The number of hydrogen-bond acceptors (Lipinski definition) is 7. The van der Waals surface area contributed by atoms with Gasteiger partial charge in [-0.15, -0.1) is 0 Å². The fraction of sp³-hybridized carbons (Fsp3) is 0.400. The van der Waals surface area contributed by atoms with Gasteiger partial charge in [0.15, 0.2) is 11.5 Å². The normalized spacial score (nSPS) is 17.3. The number of methoxy groups -OCH3 is 3. The number of H-pyrrole nitrogens is 1. The summed E-state index contributed by atoms with van der Waals surface area (Å²) >= 11 is 0. The molecule has 0 bridgehead atoms. The average Bonchev–Trinajstić information content (AvgIpc) is 3.27. The lowest BCUT2D eigenvalue weighted by atomic mass is 9.93. The van der Waals surface area contributed by atoms with E-state index in [-0.39, 0.29) is 23.4 Å². The highest BCUT2D eigenvalue weighted by molar-refractivity contribution is 6.46. The van der Waals surface area contributed by atoms with Gasteiger partial charge in [0.1, 0.15) is 5.69 Å². The molecule has 0 spiro atoms. The Labute approximate surface area is 204 Å². The van der Waals surface area contributed by atoms with Crippen LogP contribution in [-0.2, 0) is 14.3 Å². The van der Waals surface area contributed by atoms with Crippen molar-refractivity contribution in [3.63, 3.8) is 0 Å².